The first-order chi connectivity index (χ1) is 13.4. The molecule has 1 aliphatic heterocycles. The summed E-state index contributed by atoms with van der Waals surface area (Å²) in [6, 6.07) is 6.47. The fourth-order valence-corrected chi connectivity index (χ4v) is 5.22. The van der Waals surface area contributed by atoms with E-state index in [1.54, 1.807) is 24.3 Å². The lowest BCUT2D eigenvalue weighted by Gasteiger charge is -2.18. The van der Waals surface area contributed by atoms with Gasteiger partial charge >= 0.3 is 0 Å². The number of benzene rings is 1. The molecular formula is C20H19N3O4S. The summed E-state index contributed by atoms with van der Waals surface area (Å²) in [4.78, 5) is 51.3. The number of nitrogens with two attached hydrogens (primary N) is 1. The number of anilines is 1. The Bertz CT molecular complexity index is 991. The maximum Gasteiger partial charge on any atom is 0.262 e. The van der Waals surface area contributed by atoms with Gasteiger partial charge in [0.2, 0.25) is 5.91 Å². The van der Waals surface area contributed by atoms with E-state index in [2.05, 4.69) is 12.2 Å². The molecule has 0 saturated carbocycles. The van der Waals surface area contributed by atoms with Gasteiger partial charge in [-0.1, -0.05) is 19.1 Å². The second-order valence-electron chi connectivity index (χ2n) is 7.21. The molecule has 1 aliphatic carbocycles. The second-order valence-corrected chi connectivity index (χ2v) is 8.32. The van der Waals surface area contributed by atoms with Crippen LogP contribution in [0.2, 0.25) is 0 Å². The van der Waals surface area contributed by atoms with Crippen molar-refractivity contribution in [2.45, 2.75) is 26.2 Å². The molecule has 144 valence electrons. The first-order valence-corrected chi connectivity index (χ1v) is 9.88. The number of imide groups is 1. The van der Waals surface area contributed by atoms with Crippen molar-refractivity contribution in [2.24, 2.45) is 11.7 Å². The van der Waals surface area contributed by atoms with E-state index in [-0.39, 0.29) is 0 Å². The van der Waals surface area contributed by atoms with Gasteiger partial charge in [0, 0.05) is 4.88 Å². The zero-order chi connectivity index (χ0) is 20.0. The molecule has 7 nitrogen and oxygen atoms in total. The maximum absolute atomic E-state index is 12.6. The van der Waals surface area contributed by atoms with Crippen LogP contribution in [0.4, 0.5) is 5.00 Å². The Hall–Kier alpha value is -3.00. The molecule has 4 amide bonds. The van der Waals surface area contributed by atoms with Crippen molar-refractivity contribution in [2.75, 3.05) is 11.9 Å². The van der Waals surface area contributed by atoms with Crippen LogP contribution in [0.25, 0.3) is 0 Å². The number of fused-ring (bicyclic) bond motifs is 2. The van der Waals surface area contributed by atoms with Gasteiger partial charge < -0.3 is 11.1 Å². The predicted molar refractivity (Wildman–Crippen MR) is 104 cm³/mol. The normalized spacial score (nSPS) is 18.0. The highest BCUT2D eigenvalue weighted by Crippen LogP contribution is 2.39. The van der Waals surface area contributed by atoms with Gasteiger partial charge in [0.25, 0.3) is 17.7 Å². The molecule has 8 heteroatoms. The molecule has 0 spiro atoms. The van der Waals surface area contributed by atoms with Crippen molar-refractivity contribution in [3.05, 3.63) is 51.4 Å². The number of carbonyl (C=O) groups is 4. The highest BCUT2D eigenvalue weighted by Gasteiger charge is 2.36. The summed E-state index contributed by atoms with van der Waals surface area (Å²) in [5.74, 6) is -1.60. The second kappa shape index (κ2) is 6.87. The van der Waals surface area contributed by atoms with Gasteiger partial charge in [-0.05, 0) is 42.9 Å². The summed E-state index contributed by atoms with van der Waals surface area (Å²) in [5.41, 5.74) is 7.40. The summed E-state index contributed by atoms with van der Waals surface area (Å²) >= 11 is 1.35. The van der Waals surface area contributed by atoms with E-state index in [4.69, 9.17) is 5.73 Å². The van der Waals surface area contributed by atoms with Gasteiger partial charge in [0.15, 0.2) is 0 Å². The third-order valence-corrected chi connectivity index (χ3v) is 6.36. The molecule has 0 radical (unpaired) electrons. The van der Waals surface area contributed by atoms with E-state index in [0.717, 1.165) is 34.6 Å². The SMILES string of the molecule is C[C@@H]1CCc2c(sc(NC(=O)CN3C(=O)c4ccccc4C3=O)c2C(N)=O)C1. The minimum Gasteiger partial charge on any atom is -0.365 e. The number of primary amides is 1. The molecular weight excluding hydrogens is 378 g/mol. The Morgan fingerprint density at radius 3 is 2.46 bits per heavy atom. The lowest BCUT2D eigenvalue weighted by Crippen LogP contribution is -2.37. The van der Waals surface area contributed by atoms with Crippen LogP contribution in [-0.2, 0) is 17.6 Å². The third-order valence-electron chi connectivity index (χ3n) is 5.19. The first kappa shape index (κ1) is 18.4. The van der Waals surface area contributed by atoms with E-state index in [0.29, 0.717) is 27.6 Å². The molecule has 2 aliphatic rings. The molecule has 0 unspecified atom stereocenters. The number of carbonyl (C=O) groups excluding carboxylic acids is 4. The van der Waals surface area contributed by atoms with Crippen LogP contribution in [0.15, 0.2) is 24.3 Å². The zero-order valence-corrected chi connectivity index (χ0v) is 16.1. The van der Waals surface area contributed by atoms with E-state index < -0.39 is 30.2 Å². The monoisotopic (exact) mass is 397 g/mol. The van der Waals surface area contributed by atoms with Crippen LogP contribution >= 0.6 is 11.3 Å². The quantitative estimate of drug-likeness (QED) is 0.771. The van der Waals surface area contributed by atoms with Gasteiger partial charge in [0.05, 0.1) is 16.7 Å². The molecule has 1 atom stereocenters. The Kier molecular flexibility index (Phi) is 4.50. The molecule has 0 fully saturated rings. The summed E-state index contributed by atoms with van der Waals surface area (Å²) in [6.07, 6.45) is 2.56. The van der Waals surface area contributed by atoms with Crippen LogP contribution in [0, 0.1) is 5.92 Å². The number of hydrogen-bond acceptors (Lipinski definition) is 5. The largest absolute Gasteiger partial charge is 0.365 e. The average Bonchev–Trinajstić information content (AvgIpc) is 3.12. The molecule has 1 aromatic heterocycles. The van der Waals surface area contributed by atoms with Crippen molar-refractivity contribution >= 4 is 40.0 Å². The topological polar surface area (TPSA) is 110 Å². The molecule has 0 saturated heterocycles. The number of hydrogen-bond donors (Lipinski definition) is 2. The number of amides is 4. The summed E-state index contributed by atoms with van der Waals surface area (Å²) in [5, 5.41) is 3.09. The van der Waals surface area contributed by atoms with Gasteiger partial charge in [-0.3, -0.25) is 24.1 Å². The van der Waals surface area contributed by atoms with Crippen LogP contribution < -0.4 is 11.1 Å². The number of thiophene rings is 1. The van der Waals surface area contributed by atoms with E-state index in [9.17, 15) is 19.2 Å². The highest BCUT2D eigenvalue weighted by atomic mass is 32.1. The molecule has 1 aromatic carbocycles. The lowest BCUT2D eigenvalue weighted by atomic mass is 9.88. The molecule has 0 bridgehead atoms. The van der Waals surface area contributed by atoms with Crippen LogP contribution in [0.5, 0.6) is 0 Å². The number of nitrogens with one attached hydrogen (secondary N) is 1. The first-order valence-electron chi connectivity index (χ1n) is 9.06. The Morgan fingerprint density at radius 2 is 1.86 bits per heavy atom. The fourth-order valence-electron chi connectivity index (χ4n) is 3.79. The van der Waals surface area contributed by atoms with Crippen molar-refractivity contribution in [3.63, 3.8) is 0 Å². The van der Waals surface area contributed by atoms with E-state index in [1.165, 1.54) is 11.3 Å². The standard InChI is InChI=1S/C20H19N3O4S/c1-10-6-7-13-14(8-10)28-18(16(13)17(21)25)22-15(24)9-23-19(26)11-4-2-3-5-12(11)20(23)27/h2-5,10H,6-9H2,1H3,(H2,21,25)(H,22,24)/t10-/m1/s1. The van der Waals surface area contributed by atoms with Gasteiger partial charge in [0.1, 0.15) is 11.5 Å². The van der Waals surface area contributed by atoms with Crippen molar-refractivity contribution < 1.29 is 19.2 Å². The predicted octanol–water partition coefficient (Wildman–Crippen LogP) is 2.21. The van der Waals surface area contributed by atoms with Crippen LogP contribution in [-0.4, -0.2) is 35.1 Å². The lowest BCUT2D eigenvalue weighted by molar-refractivity contribution is -0.116. The fraction of sp³-hybridized carbons (Fsp3) is 0.300. The van der Waals surface area contributed by atoms with Crippen molar-refractivity contribution in [3.8, 4) is 0 Å². The molecule has 2 heterocycles. The van der Waals surface area contributed by atoms with Gasteiger partial charge in [-0.15, -0.1) is 11.3 Å². The summed E-state index contributed by atoms with van der Waals surface area (Å²) in [6.45, 7) is 1.73. The molecule has 4 rings (SSSR count). The van der Waals surface area contributed by atoms with E-state index in [1.807, 2.05) is 0 Å². The van der Waals surface area contributed by atoms with Gasteiger partial charge in [-0.2, -0.15) is 0 Å². The summed E-state index contributed by atoms with van der Waals surface area (Å²) < 4.78 is 0. The maximum atomic E-state index is 12.6. The highest BCUT2D eigenvalue weighted by molar-refractivity contribution is 7.17. The molecule has 28 heavy (non-hydrogen) atoms. The van der Waals surface area contributed by atoms with Crippen LogP contribution in [0.3, 0.4) is 0 Å². The third kappa shape index (κ3) is 2.99. The molecule has 2 aromatic rings. The van der Waals surface area contributed by atoms with Gasteiger partial charge in [-0.25, -0.2) is 0 Å². The number of nitrogens with zero attached hydrogens (tertiary/aromatic N) is 1. The Labute approximate surface area is 165 Å². The minimum atomic E-state index is -0.580. The Balaban J connectivity index is 1.55. The van der Waals surface area contributed by atoms with Crippen LogP contribution in [0.1, 0.15) is 54.9 Å². The van der Waals surface area contributed by atoms with Crippen molar-refractivity contribution in [1.82, 2.24) is 4.90 Å². The van der Waals surface area contributed by atoms with Crippen molar-refractivity contribution in [1.29, 1.82) is 0 Å². The zero-order valence-electron chi connectivity index (χ0n) is 15.3. The molecule has 3 N–H and O–H groups in total. The smallest absolute Gasteiger partial charge is 0.262 e. The number of rotatable bonds is 4. The minimum absolute atomic E-state index is 0.290. The Morgan fingerprint density at radius 1 is 1.21 bits per heavy atom. The average molecular weight is 397 g/mol. The summed E-state index contributed by atoms with van der Waals surface area (Å²) in [7, 11) is 0. The van der Waals surface area contributed by atoms with E-state index >= 15 is 0 Å².